The molecule has 0 atom stereocenters. The van der Waals surface area contributed by atoms with Crippen molar-refractivity contribution < 1.29 is 4.79 Å². The number of pyridine rings is 3. The van der Waals surface area contributed by atoms with Gasteiger partial charge in [0.05, 0.1) is 5.39 Å². The Morgan fingerprint density at radius 1 is 1.32 bits per heavy atom. The van der Waals surface area contributed by atoms with Crippen LogP contribution in [-0.4, -0.2) is 42.9 Å². The van der Waals surface area contributed by atoms with Crippen molar-refractivity contribution in [2.45, 2.75) is 12.8 Å². The van der Waals surface area contributed by atoms with Crippen molar-refractivity contribution in [1.82, 2.24) is 23.9 Å². The van der Waals surface area contributed by atoms with Gasteiger partial charge in [-0.15, -0.1) is 4.91 Å². The zero-order valence-electron chi connectivity index (χ0n) is 16.3. The molecule has 0 unspecified atom stereocenters. The number of hydrogen-bond donors (Lipinski definition) is 0. The molecule has 5 heterocycles. The van der Waals surface area contributed by atoms with Crippen molar-refractivity contribution in [1.29, 1.82) is 0 Å². The predicted molar refractivity (Wildman–Crippen MR) is 115 cm³/mol. The topological polar surface area (TPSA) is 123 Å². The molecule has 0 bridgehead atoms. The standard InChI is InChI=1S/C20H15N7O3S/c1-11-5-15(26-7-13(8-26)12-3-2-4-21-6-12)24-18-16(11)17(28)14(19(29)25-30)9-27(18)20-22-10-23-31-20/h2-6,9-10,13H,7-8H2,1H3. The Hall–Kier alpha value is -3.86. The van der Waals surface area contributed by atoms with E-state index in [1.165, 1.54) is 22.7 Å². The molecule has 0 radical (unpaired) electrons. The van der Waals surface area contributed by atoms with E-state index in [1.807, 2.05) is 18.3 Å². The third-order valence-electron chi connectivity index (χ3n) is 5.37. The highest BCUT2D eigenvalue weighted by Gasteiger charge is 2.30. The van der Waals surface area contributed by atoms with Gasteiger partial charge in [-0.05, 0) is 30.2 Å². The third-order valence-corrected chi connectivity index (χ3v) is 6.04. The fraction of sp³-hybridized carbons (Fsp3) is 0.200. The van der Waals surface area contributed by atoms with Crippen LogP contribution < -0.4 is 10.3 Å². The van der Waals surface area contributed by atoms with Crippen LogP contribution in [0.25, 0.3) is 16.2 Å². The Labute approximate surface area is 179 Å². The lowest BCUT2D eigenvalue weighted by atomic mass is 9.92. The highest BCUT2D eigenvalue weighted by molar-refractivity contribution is 7.08. The minimum atomic E-state index is -1.13. The summed E-state index contributed by atoms with van der Waals surface area (Å²) in [6, 6.07) is 5.79. The lowest BCUT2D eigenvalue weighted by molar-refractivity contribution is 0.0999. The smallest absolute Gasteiger partial charge is 0.322 e. The number of fused-ring (bicyclic) bond motifs is 1. The summed E-state index contributed by atoms with van der Waals surface area (Å²) < 4.78 is 5.51. The molecule has 4 aromatic rings. The number of hydrogen-bond acceptors (Lipinski definition) is 9. The van der Waals surface area contributed by atoms with E-state index in [-0.39, 0.29) is 10.9 Å². The molecular weight excluding hydrogens is 418 g/mol. The monoisotopic (exact) mass is 433 g/mol. The molecule has 1 saturated heterocycles. The number of amides is 1. The second kappa shape index (κ2) is 7.43. The maximum atomic E-state index is 12.9. The van der Waals surface area contributed by atoms with Crippen LogP contribution in [0.3, 0.4) is 0 Å². The summed E-state index contributed by atoms with van der Waals surface area (Å²) in [5.41, 5.74) is 1.27. The second-order valence-electron chi connectivity index (χ2n) is 7.25. The number of aryl methyl sites for hydroxylation is 1. The highest BCUT2D eigenvalue weighted by atomic mass is 32.1. The van der Waals surface area contributed by atoms with E-state index in [0.717, 1.165) is 30.4 Å². The van der Waals surface area contributed by atoms with E-state index in [2.05, 4.69) is 30.5 Å². The van der Waals surface area contributed by atoms with Crippen molar-refractivity contribution >= 4 is 34.3 Å². The van der Waals surface area contributed by atoms with Crippen LogP contribution in [0, 0.1) is 11.8 Å². The molecule has 0 saturated carbocycles. The number of aromatic nitrogens is 5. The summed E-state index contributed by atoms with van der Waals surface area (Å²) in [6.45, 7) is 3.33. The Bertz CT molecular complexity index is 1360. The van der Waals surface area contributed by atoms with Gasteiger partial charge in [0, 0.05) is 54.3 Å². The molecular formula is C20H15N7O3S. The van der Waals surface area contributed by atoms with Crippen LogP contribution in [-0.2, 0) is 0 Å². The number of anilines is 1. The maximum Gasteiger partial charge on any atom is 0.322 e. The maximum absolute atomic E-state index is 12.9. The average Bonchev–Trinajstić information content (AvgIpc) is 3.27. The van der Waals surface area contributed by atoms with E-state index in [9.17, 15) is 14.5 Å². The first-order valence-electron chi connectivity index (χ1n) is 9.43. The summed E-state index contributed by atoms with van der Waals surface area (Å²) in [5, 5.41) is 3.09. The van der Waals surface area contributed by atoms with Gasteiger partial charge in [-0.25, -0.2) is 9.97 Å². The zero-order valence-corrected chi connectivity index (χ0v) is 17.1. The first kappa shape index (κ1) is 19.1. The minimum Gasteiger partial charge on any atom is -0.355 e. The Morgan fingerprint density at radius 2 is 2.16 bits per heavy atom. The van der Waals surface area contributed by atoms with Gasteiger partial charge < -0.3 is 4.90 Å². The summed E-state index contributed by atoms with van der Waals surface area (Å²) in [5.74, 6) is -0.0541. The number of nitrogens with zero attached hydrogens (tertiary/aromatic N) is 7. The second-order valence-corrected chi connectivity index (χ2v) is 8.00. The van der Waals surface area contributed by atoms with Crippen LogP contribution >= 0.6 is 11.5 Å². The third kappa shape index (κ3) is 3.19. The Kier molecular flexibility index (Phi) is 4.59. The molecule has 154 valence electrons. The van der Waals surface area contributed by atoms with Gasteiger partial charge in [0.2, 0.25) is 10.6 Å². The Morgan fingerprint density at radius 3 is 2.84 bits per heavy atom. The molecule has 11 heteroatoms. The number of carbonyl (C=O) groups excluding carboxylic acids is 1. The fourth-order valence-corrected chi connectivity index (χ4v) is 4.26. The van der Waals surface area contributed by atoms with Gasteiger partial charge >= 0.3 is 5.91 Å². The lowest BCUT2D eigenvalue weighted by Crippen LogP contribution is -2.45. The van der Waals surface area contributed by atoms with Crippen LogP contribution in [0.5, 0.6) is 0 Å². The number of nitroso groups, excluding NO2 is 1. The van der Waals surface area contributed by atoms with Gasteiger partial charge in [0.25, 0.3) is 0 Å². The van der Waals surface area contributed by atoms with Crippen LogP contribution in [0.15, 0.2) is 53.1 Å². The van der Waals surface area contributed by atoms with Crippen LogP contribution in [0.4, 0.5) is 5.82 Å². The molecule has 1 fully saturated rings. The molecule has 1 aliphatic heterocycles. The number of rotatable bonds is 4. The average molecular weight is 433 g/mol. The molecule has 4 aromatic heterocycles. The molecule has 0 aromatic carbocycles. The van der Waals surface area contributed by atoms with Gasteiger partial charge in [0.15, 0.2) is 5.65 Å². The molecule has 0 spiro atoms. The first-order chi connectivity index (χ1) is 15.1. The molecule has 31 heavy (non-hydrogen) atoms. The van der Waals surface area contributed by atoms with Crippen LogP contribution in [0.2, 0.25) is 0 Å². The molecule has 0 N–H and O–H groups in total. The van der Waals surface area contributed by atoms with Gasteiger partial charge in [-0.2, -0.15) is 4.37 Å². The van der Waals surface area contributed by atoms with Crippen LogP contribution in [0.1, 0.15) is 27.4 Å². The van der Waals surface area contributed by atoms with Gasteiger partial charge in [0.1, 0.15) is 17.7 Å². The van der Waals surface area contributed by atoms with Gasteiger partial charge in [-0.3, -0.25) is 19.1 Å². The molecule has 0 aliphatic carbocycles. The molecule has 5 rings (SSSR count). The van der Waals surface area contributed by atoms with E-state index < -0.39 is 11.3 Å². The van der Waals surface area contributed by atoms with Crippen molar-refractivity contribution in [2.24, 2.45) is 5.18 Å². The predicted octanol–water partition coefficient (Wildman–Crippen LogP) is 2.45. The van der Waals surface area contributed by atoms with Crippen molar-refractivity contribution in [3.63, 3.8) is 0 Å². The minimum absolute atomic E-state index is 0.248. The summed E-state index contributed by atoms with van der Waals surface area (Å²) in [7, 11) is 0. The summed E-state index contributed by atoms with van der Waals surface area (Å²) in [4.78, 5) is 50.9. The van der Waals surface area contributed by atoms with E-state index in [4.69, 9.17) is 4.98 Å². The van der Waals surface area contributed by atoms with Crippen molar-refractivity contribution in [2.75, 3.05) is 18.0 Å². The highest BCUT2D eigenvalue weighted by Crippen LogP contribution is 2.32. The molecule has 1 aliphatic rings. The van der Waals surface area contributed by atoms with E-state index >= 15 is 0 Å². The fourth-order valence-electron chi connectivity index (χ4n) is 3.75. The number of carbonyl (C=O) groups is 1. The van der Waals surface area contributed by atoms with Crippen molar-refractivity contribution in [3.8, 4) is 5.13 Å². The Balaban J connectivity index is 1.62. The van der Waals surface area contributed by atoms with E-state index in [1.54, 1.807) is 13.1 Å². The summed E-state index contributed by atoms with van der Waals surface area (Å²) in [6.07, 6.45) is 6.25. The quantitative estimate of drug-likeness (QED) is 0.450. The van der Waals surface area contributed by atoms with Gasteiger partial charge in [-0.1, -0.05) is 6.07 Å². The lowest BCUT2D eigenvalue weighted by Gasteiger charge is -2.40. The zero-order chi connectivity index (χ0) is 21.5. The molecule has 10 nitrogen and oxygen atoms in total. The SMILES string of the molecule is Cc1cc(N2CC(c3cccnc3)C2)nc2c1c(=O)c(C(=O)N=O)cn2-c1ncns1. The largest absolute Gasteiger partial charge is 0.355 e. The summed E-state index contributed by atoms with van der Waals surface area (Å²) >= 11 is 1.08. The first-order valence-corrected chi connectivity index (χ1v) is 10.2. The normalized spacial score (nSPS) is 13.9. The van der Waals surface area contributed by atoms with Crippen molar-refractivity contribution in [3.05, 3.63) is 74.9 Å². The van der Waals surface area contributed by atoms with E-state index in [0.29, 0.717) is 22.3 Å². The molecule has 1 amide bonds.